The van der Waals surface area contributed by atoms with Gasteiger partial charge < -0.3 is 19.8 Å². The fraction of sp³-hybridized carbons (Fsp3) is 0.810. The maximum absolute atomic E-state index is 12.9. The van der Waals surface area contributed by atoms with Crippen LogP contribution in [0.15, 0.2) is 60.8 Å². The van der Waals surface area contributed by atoms with Crippen molar-refractivity contribution in [1.82, 2.24) is 5.32 Å². The van der Waals surface area contributed by atoms with Gasteiger partial charge in [0, 0.05) is 6.42 Å². The summed E-state index contributed by atoms with van der Waals surface area (Å²) in [4.78, 5) is 23.2. The number of phosphoric acid groups is 1. The van der Waals surface area contributed by atoms with Crippen molar-refractivity contribution >= 4 is 13.7 Å². The molecule has 3 atom stereocenters. The molecule has 67 heavy (non-hydrogen) atoms. The van der Waals surface area contributed by atoms with Crippen molar-refractivity contribution in [3.05, 3.63) is 60.8 Å². The van der Waals surface area contributed by atoms with E-state index < -0.39 is 20.0 Å². The number of quaternary nitrogens is 1. The van der Waals surface area contributed by atoms with E-state index in [4.69, 9.17) is 9.05 Å². The number of carbonyl (C=O) groups excluding carboxylic acids is 1. The number of nitrogens with one attached hydrogen (secondary N) is 1. The molecule has 0 saturated carbocycles. The molecule has 0 radical (unpaired) electrons. The number of nitrogens with zero attached hydrogens (tertiary/aromatic N) is 1. The molecule has 0 aliphatic carbocycles. The molecule has 0 heterocycles. The van der Waals surface area contributed by atoms with Crippen molar-refractivity contribution in [1.29, 1.82) is 0 Å². The first-order chi connectivity index (χ1) is 32.5. The molecule has 392 valence electrons. The Labute approximate surface area is 415 Å². The zero-order chi connectivity index (χ0) is 49.2. The van der Waals surface area contributed by atoms with E-state index in [1.54, 1.807) is 6.08 Å². The van der Waals surface area contributed by atoms with E-state index in [0.29, 0.717) is 17.4 Å². The lowest BCUT2D eigenvalue weighted by molar-refractivity contribution is -0.870. The monoisotopic (exact) mass is 962 g/mol. The molecular weight excluding hydrogens is 852 g/mol. The number of hydrogen-bond donors (Lipinski definition) is 3. The molecule has 0 rings (SSSR count). The van der Waals surface area contributed by atoms with Crippen LogP contribution in [0.3, 0.4) is 0 Å². The number of amides is 1. The summed E-state index contributed by atoms with van der Waals surface area (Å²) in [7, 11) is 1.58. The highest BCUT2D eigenvalue weighted by Crippen LogP contribution is 2.43. The Morgan fingerprint density at radius 3 is 1.31 bits per heavy atom. The van der Waals surface area contributed by atoms with E-state index in [9.17, 15) is 19.4 Å². The Balaban J connectivity index is 3.91. The topological polar surface area (TPSA) is 105 Å². The molecule has 9 heteroatoms. The summed E-state index contributed by atoms with van der Waals surface area (Å²) in [6.45, 7) is 4.69. The van der Waals surface area contributed by atoms with Gasteiger partial charge in [-0.1, -0.05) is 248 Å². The predicted molar refractivity (Wildman–Crippen MR) is 290 cm³/mol. The number of aliphatic hydroxyl groups excluding tert-OH is 1. The van der Waals surface area contributed by atoms with E-state index in [-0.39, 0.29) is 19.1 Å². The summed E-state index contributed by atoms with van der Waals surface area (Å²) in [6.07, 6.45) is 66.3. The molecule has 0 aliphatic heterocycles. The quantitative estimate of drug-likeness (QED) is 0.0243. The average molecular weight is 962 g/mol. The fourth-order valence-electron chi connectivity index (χ4n) is 8.09. The third-order valence-electron chi connectivity index (χ3n) is 12.5. The molecule has 0 aromatic carbocycles. The largest absolute Gasteiger partial charge is 0.472 e. The molecule has 0 saturated heterocycles. The summed E-state index contributed by atoms with van der Waals surface area (Å²) >= 11 is 0. The van der Waals surface area contributed by atoms with E-state index in [1.807, 2.05) is 27.2 Å². The third kappa shape index (κ3) is 51.9. The van der Waals surface area contributed by atoms with Crippen molar-refractivity contribution in [2.45, 2.75) is 264 Å². The number of rotatable bonds is 51. The van der Waals surface area contributed by atoms with Gasteiger partial charge in [0.05, 0.1) is 39.9 Å². The zero-order valence-corrected chi connectivity index (χ0v) is 45.5. The van der Waals surface area contributed by atoms with Gasteiger partial charge in [0.1, 0.15) is 13.2 Å². The highest BCUT2D eigenvalue weighted by molar-refractivity contribution is 7.47. The SMILES string of the molecule is CC/C=C\C/C=C\C/C=C\C/C=C\CCCCCCCCCCCCCCCCCCCCCCCCC(=O)NC(COP(=O)(O)OCC[N+](C)(C)C)C(O)/C=C/CCCCCCCCCC. The van der Waals surface area contributed by atoms with E-state index in [2.05, 4.69) is 67.8 Å². The number of unbranched alkanes of at least 4 members (excludes halogenated alkanes) is 30. The Bertz CT molecular complexity index is 1270. The molecule has 0 aromatic heterocycles. The lowest BCUT2D eigenvalue weighted by Crippen LogP contribution is -2.45. The minimum absolute atomic E-state index is 0.0618. The number of phosphoric ester groups is 1. The standard InChI is InChI=1S/C58H109N2O6P/c1-6-8-10-12-14-16-18-19-20-21-22-23-24-25-26-27-28-29-30-31-32-33-34-35-36-37-38-39-40-41-42-44-46-48-50-52-58(62)59-56(55-66-67(63,64)65-54-53-60(3,4)5)57(61)51-49-47-45-43-17-15-13-11-9-7-2/h8,10,14,16,19-20,22-23,49,51,56-57,61H,6-7,9,11-13,15,17-18,21,24-48,50,52-55H2,1-5H3,(H-,59,62,63,64)/p+1/b10-8-,16-14-,20-19-,23-22-,51-49+. The maximum atomic E-state index is 12.9. The molecule has 0 aliphatic rings. The second kappa shape index (κ2) is 49.2. The minimum atomic E-state index is -4.34. The van der Waals surface area contributed by atoms with Crippen molar-refractivity contribution < 1.29 is 32.9 Å². The molecule has 0 spiro atoms. The van der Waals surface area contributed by atoms with Crippen LogP contribution in [0.2, 0.25) is 0 Å². The van der Waals surface area contributed by atoms with Gasteiger partial charge in [-0.05, 0) is 57.8 Å². The second-order valence-electron chi connectivity index (χ2n) is 20.3. The average Bonchev–Trinajstić information content (AvgIpc) is 3.29. The normalized spacial score (nSPS) is 14.4. The van der Waals surface area contributed by atoms with Crippen LogP contribution in [-0.2, 0) is 18.4 Å². The summed E-state index contributed by atoms with van der Waals surface area (Å²) in [6, 6.07) is -0.844. The Hall–Kier alpha value is -1.80. The lowest BCUT2D eigenvalue weighted by atomic mass is 10.0. The second-order valence-corrected chi connectivity index (χ2v) is 21.7. The Kier molecular flexibility index (Phi) is 47.9. The number of aliphatic hydroxyl groups is 1. The van der Waals surface area contributed by atoms with Gasteiger partial charge in [-0.25, -0.2) is 4.57 Å². The molecular formula is C58H110N2O6P+. The van der Waals surface area contributed by atoms with Crippen LogP contribution in [0.25, 0.3) is 0 Å². The van der Waals surface area contributed by atoms with Crippen molar-refractivity contribution in [3.63, 3.8) is 0 Å². The smallest absolute Gasteiger partial charge is 0.387 e. The first-order valence-corrected chi connectivity index (χ1v) is 29.7. The number of allylic oxidation sites excluding steroid dienone is 9. The third-order valence-corrected chi connectivity index (χ3v) is 13.5. The fourth-order valence-corrected chi connectivity index (χ4v) is 8.83. The molecule has 0 aromatic rings. The van der Waals surface area contributed by atoms with Crippen LogP contribution in [0.4, 0.5) is 0 Å². The van der Waals surface area contributed by atoms with Gasteiger partial charge in [-0.2, -0.15) is 0 Å². The van der Waals surface area contributed by atoms with Crippen molar-refractivity contribution in [2.75, 3.05) is 40.9 Å². The number of carbonyl (C=O) groups is 1. The molecule has 3 N–H and O–H groups in total. The van der Waals surface area contributed by atoms with Crippen LogP contribution < -0.4 is 5.32 Å². The van der Waals surface area contributed by atoms with Gasteiger partial charge in [-0.15, -0.1) is 0 Å². The van der Waals surface area contributed by atoms with Gasteiger partial charge in [-0.3, -0.25) is 13.8 Å². The summed E-state index contributed by atoms with van der Waals surface area (Å²) < 4.78 is 23.6. The van der Waals surface area contributed by atoms with Crippen LogP contribution in [0.1, 0.15) is 251 Å². The predicted octanol–water partition coefficient (Wildman–Crippen LogP) is 16.9. The number of hydrogen-bond acceptors (Lipinski definition) is 5. The minimum Gasteiger partial charge on any atom is -0.387 e. The molecule has 1 amide bonds. The first-order valence-electron chi connectivity index (χ1n) is 28.2. The highest BCUT2D eigenvalue weighted by Gasteiger charge is 2.27. The zero-order valence-electron chi connectivity index (χ0n) is 44.6. The Morgan fingerprint density at radius 2 is 0.896 bits per heavy atom. The van der Waals surface area contributed by atoms with Gasteiger partial charge in [0.15, 0.2) is 0 Å². The van der Waals surface area contributed by atoms with E-state index in [1.165, 1.54) is 167 Å². The van der Waals surface area contributed by atoms with Crippen LogP contribution in [0, 0.1) is 0 Å². The van der Waals surface area contributed by atoms with Crippen molar-refractivity contribution in [3.8, 4) is 0 Å². The first kappa shape index (κ1) is 65.2. The van der Waals surface area contributed by atoms with E-state index >= 15 is 0 Å². The van der Waals surface area contributed by atoms with Gasteiger partial charge in [0.25, 0.3) is 0 Å². The summed E-state index contributed by atoms with van der Waals surface area (Å²) in [5.41, 5.74) is 0. The van der Waals surface area contributed by atoms with Crippen LogP contribution >= 0.6 is 7.82 Å². The maximum Gasteiger partial charge on any atom is 0.472 e. The van der Waals surface area contributed by atoms with Gasteiger partial charge >= 0.3 is 7.82 Å². The van der Waals surface area contributed by atoms with Gasteiger partial charge in [0.2, 0.25) is 5.91 Å². The van der Waals surface area contributed by atoms with E-state index in [0.717, 1.165) is 64.2 Å². The van der Waals surface area contributed by atoms with Crippen LogP contribution in [0.5, 0.6) is 0 Å². The Morgan fingerprint density at radius 1 is 0.522 bits per heavy atom. The summed E-state index contributed by atoms with van der Waals surface area (Å²) in [5.74, 6) is -0.177. The summed E-state index contributed by atoms with van der Waals surface area (Å²) in [5, 5.41) is 13.8. The lowest BCUT2D eigenvalue weighted by Gasteiger charge is -2.25. The highest BCUT2D eigenvalue weighted by atomic mass is 31.2. The van der Waals surface area contributed by atoms with Crippen LogP contribution in [-0.4, -0.2) is 73.4 Å². The molecule has 8 nitrogen and oxygen atoms in total. The molecule has 3 unspecified atom stereocenters. The van der Waals surface area contributed by atoms with Crippen molar-refractivity contribution in [2.24, 2.45) is 0 Å². The molecule has 0 bridgehead atoms. The number of likely N-dealkylation sites (N-methyl/N-ethyl adjacent to an activating group) is 1. The molecule has 0 fully saturated rings.